The molecule has 3 nitrogen and oxygen atoms in total. The lowest BCUT2D eigenvalue weighted by molar-refractivity contribution is 0.116. The Hall–Kier alpha value is -0.120. The molecule has 1 saturated heterocycles. The predicted octanol–water partition coefficient (Wildman–Crippen LogP) is 1.61. The Morgan fingerprint density at radius 3 is 2.65 bits per heavy atom. The lowest BCUT2D eigenvalue weighted by Crippen LogP contribution is -2.37. The van der Waals surface area contributed by atoms with Gasteiger partial charge >= 0.3 is 0 Å². The van der Waals surface area contributed by atoms with Gasteiger partial charge in [-0.2, -0.15) is 0 Å². The molecule has 2 rings (SSSR count). The highest BCUT2D eigenvalue weighted by atomic mass is 16.3. The monoisotopic (exact) mass is 240 g/mol. The molecule has 1 saturated carbocycles. The number of aliphatic hydroxyl groups is 1. The largest absolute Gasteiger partial charge is 0.393 e. The Balaban J connectivity index is 1.56. The van der Waals surface area contributed by atoms with Crippen LogP contribution in [0, 0.1) is 5.92 Å². The second-order valence-electron chi connectivity index (χ2n) is 6.02. The fourth-order valence-electron chi connectivity index (χ4n) is 3.28. The first-order valence-corrected chi connectivity index (χ1v) is 7.34. The van der Waals surface area contributed by atoms with Gasteiger partial charge in [0.05, 0.1) is 6.10 Å². The van der Waals surface area contributed by atoms with Crippen molar-refractivity contribution in [3.05, 3.63) is 0 Å². The summed E-state index contributed by atoms with van der Waals surface area (Å²) in [6.45, 7) is 3.73. The number of likely N-dealkylation sites (tertiary alicyclic amines) is 1. The quantitative estimate of drug-likeness (QED) is 0.784. The summed E-state index contributed by atoms with van der Waals surface area (Å²) in [7, 11) is 2.24. The molecule has 0 aromatic rings. The molecule has 0 amide bonds. The summed E-state index contributed by atoms with van der Waals surface area (Å²) in [5.41, 5.74) is 0. The van der Waals surface area contributed by atoms with Crippen molar-refractivity contribution >= 4 is 0 Å². The van der Waals surface area contributed by atoms with E-state index in [9.17, 15) is 5.11 Å². The second-order valence-corrected chi connectivity index (χ2v) is 6.02. The van der Waals surface area contributed by atoms with Crippen LogP contribution in [0.15, 0.2) is 0 Å². The molecule has 100 valence electrons. The second kappa shape index (κ2) is 6.72. The fourth-order valence-corrected chi connectivity index (χ4v) is 3.28. The van der Waals surface area contributed by atoms with Crippen molar-refractivity contribution in [2.75, 3.05) is 26.7 Å². The first kappa shape index (κ1) is 13.3. The SMILES string of the molecule is CN1CCCC(CCNC2CCC(O)CC2)C1. The average molecular weight is 240 g/mol. The van der Waals surface area contributed by atoms with Gasteiger partial charge in [-0.25, -0.2) is 0 Å². The van der Waals surface area contributed by atoms with Crippen molar-refractivity contribution in [3.63, 3.8) is 0 Å². The maximum absolute atomic E-state index is 9.45. The molecule has 3 heteroatoms. The summed E-state index contributed by atoms with van der Waals surface area (Å²) < 4.78 is 0. The van der Waals surface area contributed by atoms with Crippen LogP contribution in [0.4, 0.5) is 0 Å². The molecule has 0 spiro atoms. The number of nitrogens with one attached hydrogen (secondary N) is 1. The molecule has 2 fully saturated rings. The summed E-state index contributed by atoms with van der Waals surface area (Å²) in [6.07, 6.45) is 8.38. The third-order valence-corrected chi connectivity index (χ3v) is 4.40. The van der Waals surface area contributed by atoms with E-state index >= 15 is 0 Å². The highest BCUT2D eigenvalue weighted by molar-refractivity contribution is 4.78. The van der Waals surface area contributed by atoms with Gasteiger partial charge in [-0.15, -0.1) is 0 Å². The predicted molar refractivity (Wildman–Crippen MR) is 71.1 cm³/mol. The third kappa shape index (κ3) is 4.57. The molecule has 2 N–H and O–H groups in total. The lowest BCUT2D eigenvalue weighted by atomic mass is 9.92. The van der Waals surface area contributed by atoms with Gasteiger partial charge in [-0.1, -0.05) is 0 Å². The molecule has 1 aliphatic carbocycles. The van der Waals surface area contributed by atoms with Crippen molar-refractivity contribution in [3.8, 4) is 0 Å². The molecule has 0 aromatic heterocycles. The highest BCUT2D eigenvalue weighted by Crippen LogP contribution is 2.20. The van der Waals surface area contributed by atoms with Gasteiger partial charge in [0.25, 0.3) is 0 Å². The zero-order valence-corrected chi connectivity index (χ0v) is 11.2. The van der Waals surface area contributed by atoms with Gasteiger partial charge in [0.15, 0.2) is 0 Å². The van der Waals surface area contributed by atoms with E-state index in [4.69, 9.17) is 0 Å². The van der Waals surface area contributed by atoms with Crippen molar-refractivity contribution in [2.24, 2.45) is 5.92 Å². The van der Waals surface area contributed by atoms with E-state index in [0.717, 1.165) is 31.6 Å². The highest BCUT2D eigenvalue weighted by Gasteiger charge is 2.20. The standard InChI is InChI=1S/C14H28N2O/c1-16-10-2-3-12(11-16)8-9-15-13-4-6-14(17)7-5-13/h12-15,17H,2-11H2,1H3. The zero-order valence-electron chi connectivity index (χ0n) is 11.2. The number of aliphatic hydroxyl groups excluding tert-OH is 1. The Morgan fingerprint density at radius 2 is 1.94 bits per heavy atom. The summed E-state index contributed by atoms with van der Waals surface area (Å²) in [6, 6.07) is 0.666. The van der Waals surface area contributed by atoms with Crippen molar-refractivity contribution in [1.29, 1.82) is 0 Å². The van der Waals surface area contributed by atoms with Gasteiger partial charge < -0.3 is 15.3 Å². The van der Waals surface area contributed by atoms with Crippen molar-refractivity contribution in [1.82, 2.24) is 10.2 Å². The number of rotatable bonds is 4. The minimum absolute atomic E-state index is 0.0277. The normalized spacial score (nSPS) is 36.0. The topological polar surface area (TPSA) is 35.5 Å². The van der Waals surface area contributed by atoms with E-state index in [1.165, 1.54) is 38.9 Å². The molecule has 1 atom stereocenters. The Bertz CT molecular complexity index is 214. The van der Waals surface area contributed by atoms with Crippen LogP contribution in [0.2, 0.25) is 0 Å². The smallest absolute Gasteiger partial charge is 0.0541 e. The number of hydrogen-bond donors (Lipinski definition) is 2. The van der Waals surface area contributed by atoms with Crippen LogP contribution >= 0.6 is 0 Å². The Labute approximate surface area is 106 Å². The molecule has 1 heterocycles. The molecular weight excluding hydrogens is 212 g/mol. The molecule has 17 heavy (non-hydrogen) atoms. The summed E-state index contributed by atoms with van der Waals surface area (Å²) in [5, 5.41) is 13.1. The number of piperidine rings is 1. The summed E-state index contributed by atoms with van der Waals surface area (Å²) in [5.74, 6) is 0.899. The van der Waals surface area contributed by atoms with E-state index in [1.54, 1.807) is 0 Å². The average Bonchev–Trinajstić information content (AvgIpc) is 2.32. The summed E-state index contributed by atoms with van der Waals surface area (Å²) in [4.78, 5) is 2.46. The van der Waals surface area contributed by atoms with Crippen LogP contribution in [-0.2, 0) is 0 Å². The Morgan fingerprint density at radius 1 is 1.18 bits per heavy atom. The van der Waals surface area contributed by atoms with Gasteiger partial charge in [-0.05, 0) is 71.0 Å². The van der Waals surface area contributed by atoms with E-state index in [1.807, 2.05) is 0 Å². The number of nitrogens with zero attached hydrogens (tertiary/aromatic N) is 1. The van der Waals surface area contributed by atoms with Crippen LogP contribution in [0.3, 0.4) is 0 Å². The minimum Gasteiger partial charge on any atom is -0.393 e. The first-order valence-electron chi connectivity index (χ1n) is 7.34. The molecular formula is C14H28N2O. The first-order chi connectivity index (χ1) is 8.24. The Kier molecular flexibility index (Phi) is 5.26. The van der Waals surface area contributed by atoms with Crippen LogP contribution in [0.1, 0.15) is 44.9 Å². The van der Waals surface area contributed by atoms with Gasteiger partial charge in [0, 0.05) is 12.6 Å². The molecule has 2 aliphatic rings. The van der Waals surface area contributed by atoms with Crippen LogP contribution in [-0.4, -0.2) is 48.8 Å². The number of hydrogen-bond acceptors (Lipinski definition) is 3. The van der Waals surface area contributed by atoms with Gasteiger partial charge in [0.1, 0.15) is 0 Å². The van der Waals surface area contributed by atoms with Crippen LogP contribution < -0.4 is 5.32 Å². The van der Waals surface area contributed by atoms with E-state index < -0.39 is 0 Å². The van der Waals surface area contributed by atoms with Gasteiger partial charge in [-0.3, -0.25) is 0 Å². The molecule has 0 bridgehead atoms. The third-order valence-electron chi connectivity index (χ3n) is 4.40. The van der Waals surface area contributed by atoms with E-state index in [0.29, 0.717) is 6.04 Å². The van der Waals surface area contributed by atoms with Crippen LogP contribution in [0.25, 0.3) is 0 Å². The minimum atomic E-state index is -0.0277. The zero-order chi connectivity index (χ0) is 12.1. The van der Waals surface area contributed by atoms with Crippen LogP contribution in [0.5, 0.6) is 0 Å². The van der Waals surface area contributed by atoms with Crippen molar-refractivity contribution < 1.29 is 5.11 Å². The fraction of sp³-hybridized carbons (Fsp3) is 1.00. The summed E-state index contributed by atoms with van der Waals surface area (Å²) >= 11 is 0. The van der Waals surface area contributed by atoms with E-state index in [2.05, 4.69) is 17.3 Å². The molecule has 0 aromatic carbocycles. The van der Waals surface area contributed by atoms with Gasteiger partial charge in [0.2, 0.25) is 0 Å². The maximum atomic E-state index is 9.45. The molecule has 1 aliphatic heterocycles. The van der Waals surface area contributed by atoms with E-state index in [-0.39, 0.29) is 6.10 Å². The molecule has 1 unspecified atom stereocenters. The van der Waals surface area contributed by atoms with Crippen molar-refractivity contribution in [2.45, 2.75) is 57.1 Å². The lowest BCUT2D eigenvalue weighted by Gasteiger charge is -2.31. The molecule has 0 radical (unpaired) electrons. The maximum Gasteiger partial charge on any atom is 0.0541 e.